The van der Waals surface area contributed by atoms with E-state index in [0.29, 0.717) is 0 Å². The lowest BCUT2D eigenvalue weighted by Crippen LogP contribution is -2.15. The maximum Gasteiger partial charge on any atom is 0.234 e. The first-order valence-corrected chi connectivity index (χ1v) is 11.5. The molecule has 0 aliphatic carbocycles. The first kappa shape index (κ1) is 21.9. The van der Waals surface area contributed by atoms with E-state index in [2.05, 4.69) is 66.5 Å². The van der Waals surface area contributed by atoms with Crippen molar-refractivity contribution in [3.63, 3.8) is 0 Å². The van der Waals surface area contributed by atoms with Crippen molar-refractivity contribution in [2.24, 2.45) is 0 Å². The van der Waals surface area contributed by atoms with E-state index < -0.39 is 0 Å². The lowest BCUT2D eigenvalue weighted by Gasteiger charge is -2.10. The maximum absolute atomic E-state index is 12.8. The molecule has 0 aliphatic heterocycles. The van der Waals surface area contributed by atoms with Crippen molar-refractivity contribution in [2.45, 2.75) is 39.8 Å². The zero-order chi connectivity index (χ0) is 22.8. The Balaban J connectivity index is 1.47. The van der Waals surface area contributed by atoms with Crippen molar-refractivity contribution in [1.29, 1.82) is 0 Å². The third kappa shape index (κ3) is 4.62. The van der Waals surface area contributed by atoms with Gasteiger partial charge in [-0.15, -0.1) is 0 Å². The Hall–Kier alpha value is -3.32. The Morgan fingerprint density at radius 2 is 1.62 bits per heavy atom. The average molecular weight is 446 g/mol. The molecule has 0 aliphatic rings. The SMILES string of the molecule is Cc1ccc(-n2nc(C)c(NC(=O)CSc3nccn3-c3cc(C)cc(C)c3)c2C)cc1. The Labute approximate surface area is 192 Å². The van der Waals surface area contributed by atoms with Gasteiger partial charge < -0.3 is 5.32 Å². The zero-order valence-electron chi connectivity index (χ0n) is 19.0. The maximum atomic E-state index is 12.8. The fourth-order valence-electron chi connectivity index (χ4n) is 3.75. The molecule has 32 heavy (non-hydrogen) atoms. The van der Waals surface area contributed by atoms with Gasteiger partial charge in [0.05, 0.1) is 28.5 Å². The van der Waals surface area contributed by atoms with Crippen molar-refractivity contribution in [3.8, 4) is 11.4 Å². The van der Waals surface area contributed by atoms with E-state index in [9.17, 15) is 4.79 Å². The van der Waals surface area contributed by atoms with Crippen LogP contribution < -0.4 is 5.32 Å². The second-order valence-corrected chi connectivity index (χ2v) is 9.00. The lowest BCUT2D eigenvalue weighted by molar-refractivity contribution is -0.113. The fraction of sp³-hybridized carbons (Fsp3) is 0.240. The number of hydrogen-bond donors (Lipinski definition) is 1. The number of aromatic nitrogens is 4. The van der Waals surface area contributed by atoms with Crippen molar-refractivity contribution in [3.05, 3.63) is 82.9 Å². The Morgan fingerprint density at radius 1 is 0.938 bits per heavy atom. The van der Waals surface area contributed by atoms with Crippen LogP contribution in [0.5, 0.6) is 0 Å². The van der Waals surface area contributed by atoms with Gasteiger partial charge in [0.25, 0.3) is 0 Å². The molecule has 0 radical (unpaired) electrons. The molecular formula is C25H27N5OS. The summed E-state index contributed by atoms with van der Waals surface area (Å²) in [5, 5.41) is 8.45. The smallest absolute Gasteiger partial charge is 0.234 e. The van der Waals surface area contributed by atoms with Gasteiger partial charge in [-0.2, -0.15) is 5.10 Å². The number of amides is 1. The van der Waals surface area contributed by atoms with Crippen LogP contribution in [0.25, 0.3) is 11.4 Å². The first-order chi connectivity index (χ1) is 15.3. The molecule has 0 atom stereocenters. The van der Waals surface area contributed by atoms with Crippen LogP contribution in [-0.2, 0) is 4.79 Å². The number of anilines is 1. The van der Waals surface area contributed by atoms with Crippen molar-refractivity contribution in [2.75, 3.05) is 11.1 Å². The molecule has 0 saturated carbocycles. The van der Waals surface area contributed by atoms with Crippen LogP contribution in [0.3, 0.4) is 0 Å². The molecule has 0 saturated heterocycles. The van der Waals surface area contributed by atoms with E-state index in [1.807, 2.05) is 41.4 Å². The molecule has 0 unspecified atom stereocenters. The van der Waals surface area contributed by atoms with Crippen molar-refractivity contribution in [1.82, 2.24) is 19.3 Å². The number of nitrogens with zero attached hydrogens (tertiary/aromatic N) is 4. The monoisotopic (exact) mass is 445 g/mol. The highest BCUT2D eigenvalue weighted by Gasteiger charge is 2.16. The molecule has 4 rings (SSSR count). The molecule has 1 amide bonds. The molecule has 2 aromatic heterocycles. The van der Waals surface area contributed by atoms with E-state index in [1.165, 1.54) is 28.5 Å². The predicted molar refractivity (Wildman–Crippen MR) is 130 cm³/mol. The van der Waals surface area contributed by atoms with Crippen LogP contribution in [0.15, 0.2) is 60.0 Å². The van der Waals surface area contributed by atoms with E-state index in [1.54, 1.807) is 6.20 Å². The lowest BCUT2D eigenvalue weighted by atomic mass is 10.1. The molecule has 1 N–H and O–H groups in total. The van der Waals surface area contributed by atoms with Gasteiger partial charge in [-0.1, -0.05) is 35.5 Å². The van der Waals surface area contributed by atoms with Gasteiger partial charge in [-0.05, 0) is 70.0 Å². The van der Waals surface area contributed by atoms with Crippen LogP contribution in [-0.4, -0.2) is 31.0 Å². The second-order valence-electron chi connectivity index (χ2n) is 8.06. The normalized spacial score (nSPS) is 11.0. The van der Waals surface area contributed by atoms with E-state index in [-0.39, 0.29) is 11.7 Å². The summed E-state index contributed by atoms with van der Waals surface area (Å²) in [5.74, 6) is 0.177. The zero-order valence-corrected chi connectivity index (χ0v) is 19.8. The number of thioether (sulfide) groups is 1. The van der Waals surface area contributed by atoms with Crippen LogP contribution in [0.4, 0.5) is 5.69 Å². The van der Waals surface area contributed by atoms with Gasteiger partial charge in [0.15, 0.2) is 5.16 Å². The minimum Gasteiger partial charge on any atom is -0.322 e. The number of nitrogens with one attached hydrogen (secondary N) is 1. The topological polar surface area (TPSA) is 64.7 Å². The van der Waals surface area contributed by atoms with Crippen LogP contribution in [0, 0.1) is 34.6 Å². The Bertz CT molecular complexity index is 1250. The third-order valence-electron chi connectivity index (χ3n) is 5.26. The van der Waals surface area contributed by atoms with Gasteiger partial charge in [0, 0.05) is 18.1 Å². The minimum atomic E-state index is -0.0837. The largest absolute Gasteiger partial charge is 0.322 e. The van der Waals surface area contributed by atoms with Crippen LogP contribution in [0.2, 0.25) is 0 Å². The average Bonchev–Trinajstić information content (AvgIpc) is 3.32. The summed E-state index contributed by atoms with van der Waals surface area (Å²) < 4.78 is 3.88. The highest BCUT2D eigenvalue weighted by molar-refractivity contribution is 7.99. The number of rotatable bonds is 6. The van der Waals surface area contributed by atoms with Gasteiger partial charge >= 0.3 is 0 Å². The molecular weight excluding hydrogens is 418 g/mol. The molecule has 4 aromatic rings. The standard InChI is InChI=1S/C25H27N5OS/c1-16-6-8-21(9-7-16)30-20(5)24(19(4)28-30)27-23(31)15-32-25-26-10-11-29(25)22-13-17(2)12-18(3)14-22/h6-14H,15H2,1-5H3,(H,27,31). The van der Waals surface area contributed by atoms with Crippen molar-refractivity contribution >= 4 is 23.4 Å². The van der Waals surface area contributed by atoms with Gasteiger partial charge in [-0.3, -0.25) is 9.36 Å². The molecule has 7 heteroatoms. The summed E-state index contributed by atoms with van der Waals surface area (Å²) in [6, 6.07) is 14.5. The summed E-state index contributed by atoms with van der Waals surface area (Å²) in [5.41, 5.74) is 8.06. The van der Waals surface area contributed by atoms with Gasteiger partial charge in [0.1, 0.15) is 0 Å². The van der Waals surface area contributed by atoms with Crippen LogP contribution in [0.1, 0.15) is 28.1 Å². The van der Waals surface area contributed by atoms with E-state index >= 15 is 0 Å². The predicted octanol–water partition coefficient (Wildman–Crippen LogP) is 5.33. The number of hydrogen-bond acceptors (Lipinski definition) is 4. The molecule has 6 nitrogen and oxygen atoms in total. The van der Waals surface area contributed by atoms with E-state index in [0.717, 1.165) is 33.6 Å². The highest BCUT2D eigenvalue weighted by atomic mass is 32.2. The number of benzene rings is 2. The van der Waals surface area contributed by atoms with Crippen LogP contribution >= 0.6 is 11.8 Å². The fourth-order valence-corrected chi connectivity index (χ4v) is 4.52. The summed E-state index contributed by atoms with van der Waals surface area (Å²) in [6.45, 7) is 10.1. The Morgan fingerprint density at radius 3 is 2.31 bits per heavy atom. The summed E-state index contributed by atoms with van der Waals surface area (Å²) in [4.78, 5) is 17.2. The highest BCUT2D eigenvalue weighted by Crippen LogP contribution is 2.25. The first-order valence-electron chi connectivity index (χ1n) is 10.5. The van der Waals surface area contributed by atoms with E-state index in [4.69, 9.17) is 0 Å². The summed E-state index contributed by atoms with van der Waals surface area (Å²) >= 11 is 1.42. The summed E-state index contributed by atoms with van der Waals surface area (Å²) in [7, 11) is 0. The summed E-state index contributed by atoms with van der Waals surface area (Å²) in [6.07, 6.45) is 3.69. The number of aryl methyl sites for hydroxylation is 4. The number of imidazole rings is 1. The van der Waals surface area contributed by atoms with Gasteiger partial charge in [0.2, 0.25) is 5.91 Å². The number of carbonyl (C=O) groups excluding carboxylic acids is 1. The molecule has 2 heterocycles. The number of carbonyl (C=O) groups is 1. The molecule has 0 fully saturated rings. The van der Waals surface area contributed by atoms with Crippen molar-refractivity contribution < 1.29 is 4.79 Å². The molecule has 2 aromatic carbocycles. The quantitative estimate of drug-likeness (QED) is 0.407. The minimum absolute atomic E-state index is 0.0837. The second kappa shape index (κ2) is 9.04. The molecule has 164 valence electrons. The molecule has 0 spiro atoms. The Kier molecular flexibility index (Phi) is 6.19. The van der Waals surface area contributed by atoms with Gasteiger partial charge in [-0.25, -0.2) is 9.67 Å². The molecule has 0 bridgehead atoms. The third-order valence-corrected chi connectivity index (χ3v) is 6.22.